The van der Waals surface area contributed by atoms with E-state index >= 15 is 0 Å². The zero-order valence-corrected chi connectivity index (χ0v) is 7.79. The number of rotatable bonds is 2. The zero-order valence-electron chi connectivity index (χ0n) is 7.03. The van der Waals surface area contributed by atoms with Gasteiger partial charge in [-0.25, -0.2) is 9.97 Å². The Bertz CT molecular complexity index is 288. The largest absolute Gasteiger partial charge is 0.473 e. The van der Waals surface area contributed by atoms with Crippen LogP contribution in [0.15, 0.2) is 12.4 Å². The predicted molar refractivity (Wildman–Crippen MR) is 48.9 cm³/mol. The molecule has 1 aromatic rings. The Morgan fingerprint density at radius 3 is 3.15 bits per heavy atom. The molecule has 0 aromatic carbocycles. The van der Waals surface area contributed by atoms with Gasteiger partial charge in [0.25, 0.3) is 0 Å². The standard InChI is InChI=1S/C8H10ClN3O/c9-7-3-8(12-5-11-7)13-6-1-2-10-4-6/h3,5-6,10H,1-2,4H2. The van der Waals surface area contributed by atoms with E-state index in [-0.39, 0.29) is 6.10 Å². The highest BCUT2D eigenvalue weighted by molar-refractivity contribution is 6.29. The van der Waals surface area contributed by atoms with Crippen molar-refractivity contribution in [3.8, 4) is 5.88 Å². The minimum Gasteiger partial charge on any atom is -0.473 e. The van der Waals surface area contributed by atoms with Crippen molar-refractivity contribution in [2.75, 3.05) is 13.1 Å². The van der Waals surface area contributed by atoms with Crippen LogP contribution in [0, 0.1) is 0 Å². The van der Waals surface area contributed by atoms with Crippen molar-refractivity contribution in [1.82, 2.24) is 15.3 Å². The second-order valence-corrected chi connectivity index (χ2v) is 3.30. The Balaban J connectivity index is 2.00. The first kappa shape index (κ1) is 8.72. The summed E-state index contributed by atoms with van der Waals surface area (Å²) < 4.78 is 5.56. The molecule has 0 radical (unpaired) electrons. The minimum atomic E-state index is 0.214. The molecule has 5 heteroatoms. The average Bonchev–Trinajstić information content (AvgIpc) is 2.57. The highest BCUT2D eigenvalue weighted by Crippen LogP contribution is 2.14. The summed E-state index contributed by atoms with van der Waals surface area (Å²) >= 11 is 5.68. The predicted octanol–water partition coefficient (Wildman–Crippen LogP) is 0.871. The van der Waals surface area contributed by atoms with Crippen LogP contribution in [-0.4, -0.2) is 29.2 Å². The molecule has 0 aliphatic carbocycles. The molecule has 0 amide bonds. The lowest BCUT2D eigenvalue weighted by Crippen LogP contribution is -2.20. The molecule has 2 rings (SSSR count). The number of aromatic nitrogens is 2. The van der Waals surface area contributed by atoms with Gasteiger partial charge in [0, 0.05) is 12.6 Å². The second-order valence-electron chi connectivity index (χ2n) is 2.91. The molecule has 1 aliphatic rings. The maximum absolute atomic E-state index is 5.68. The zero-order chi connectivity index (χ0) is 9.10. The Labute approximate surface area is 81.3 Å². The number of ether oxygens (including phenoxy) is 1. The van der Waals surface area contributed by atoms with Crippen LogP contribution in [0.3, 0.4) is 0 Å². The molecule has 1 saturated heterocycles. The Morgan fingerprint density at radius 1 is 1.54 bits per heavy atom. The van der Waals surface area contributed by atoms with Crippen LogP contribution in [0.1, 0.15) is 6.42 Å². The first-order valence-corrected chi connectivity index (χ1v) is 4.57. The first-order valence-electron chi connectivity index (χ1n) is 4.19. The molecule has 1 aromatic heterocycles. The molecule has 2 heterocycles. The van der Waals surface area contributed by atoms with Crippen molar-refractivity contribution < 1.29 is 4.74 Å². The van der Waals surface area contributed by atoms with Gasteiger partial charge in [0.05, 0.1) is 0 Å². The average molecular weight is 200 g/mol. The third-order valence-corrected chi connectivity index (χ3v) is 2.12. The first-order chi connectivity index (χ1) is 6.34. The normalized spacial score (nSPS) is 21.8. The van der Waals surface area contributed by atoms with E-state index in [1.54, 1.807) is 6.07 Å². The van der Waals surface area contributed by atoms with E-state index in [0.717, 1.165) is 19.5 Å². The fourth-order valence-electron chi connectivity index (χ4n) is 1.28. The van der Waals surface area contributed by atoms with Crippen LogP contribution in [-0.2, 0) is 0 Å². The van der Waals surface area contributed by atoms with Crippen molar-refractivity contribution in [1.29, 1.82) is 0 Å². The molecule has 1 unspecified atom stereocenters. The Kier molecular flexibility index (Phi) is 2.61. The fraction of sp³-hybridized carbons (Fsp3) is 0.500. The number of halogens is 1. The Hall–Kier alpha value is -0.870. The highest BCUT2D eigenvalue weighted by Gasteiger charge is 2.16. The summed E-state index contributed by atoms with van der Waals surface area (Å²) in [6.45, 7) is 1.88. The van der Waals surface area contributed by atoms with E-state index in [1.165, 1.54) is 6.33 Å². The SMILES string of the molecule is Clc1cc(OC2CCNC2)ncn1. The van der Waals surface area contributed by atoms with E-state index in [0.29, 0.717) is 11.0 Å². The summed E-state index contributed by atoms with van der Waals surface area (Å²) in [5.74, 6) is 0.550. The number of nitrogens with one attached hydrogen (secondary N) is 1. The van der Waals surface area contributed by atoms with E-state index < -0.39 is 0 Å². The van der Waals surface area contributed by atoms with Crippen LogP contribution >= 0.6 is 11.6 Å². The molecule has 0 saturated carbocycles. The van der Waals surface area contributed by atoms with Gasteiger partial charge in [0.1, 0.15) is 17.6 Å². The van der Waals surface area contributed by atoms with Gasteiger partial charge in [-0.3, -0.25) is 0 Å². The summed E-state index contributed by atoms with van der Waals surface area (Å²) in [6.07, 6.45) is 2.63. The molecule has 4 nitrogen and oxygen atoms in total. The smallest absolute Gasteiger partial charge is 0.218 e. The lowest BCUT2D eigenvalue weighted by atomic mass is 10.3. The van der Waals surface area contributed by atoms with E-state index in [9.17, 15) is 0 Å². The van der Waals surface area contributed by atoms with E-state index in [4.69, 9.17) is 16.3 Å². The van der Waals surface area contributed by atoms with E-state index in [1.807, 2.05) is 0 Å². The van der Waals surface area contributed by atoms with Crippen molar-refractivity contribution in [2.45, 2.75) is 12.5 Å². The van der Waals surface area contributed by atoms with Gasteiger partial charge >= 0.3 is 0 Å². The van der Waals surface area contributed by atoms with Gasteiger partial charge in [0.2, 0.25) is 5.88 Å². The summed E-state index contributed by atoms with van der Waals surface area (Å²) in [5, 5.41) is 3.62. The molecule has 0 spiro atoms. The van der Waals surface area contributed by atoms with Crippen molar-refractivity contribution in [2.24, 2.45) is 0 Å². The number of hydrogen-bond acceptors (Lipinski definition) is 4. The van der Waals surface area contributed by atoms with Crippen LogP contribution < -0.4 is 10.1 Å². The summed E-state index contributed by atoms with van der Waals surface area (Å²) in [5.41, 5.74) is 0. The van der Waals surface area contributed by atoms with Crippen LogP contribution in [0.2, 0.25) is 5.15 Å². The lowest BCUT2D eigenvalue weighted by molar-refractivity contribution is 0.213. The molecule has 0 bridgehead atoms. The Morgan fingerprint density at radius 2 is 2.46 bits per heavy atom. The summed E-state index contributed by atoms with van der Waals surface area (Å²) in [6, 6.07) is 1.62. The number of hydrogen-bond donors (Lipinski definition) is 1. The third kappa shape index (κ3) is 2.29. The van der Waals surface area contributed by atoms with Crippen LogP contribution in [0.5, 0.6) is 5.88 Å². The van der Waals surface area contributed by atoms with Gasteiger partial charge in [-0.15, -0.1) is 0 Å². The van der Waals surface area contributed by atoms with Gasteiger partial charge in [0.15, 0.2) is 0 Å². The lowest BCUT2D eigenvalue weighted by Gasteiger charge is -2.10. The molecule has 1 aliphatic heterocycles. The van der Waals surface area contributed by atoms with Gasteiger partial charge < -0.3 is 10.1 Å². The van der Waals surface area contributed by atoms with Crippen LogP contribution in [0.4, 0.5) is 0 Å². The minimum absolute atomic E-state index is 0.214. The van der Waals surface area contributed by atoms with E-state index in [2.05, 4.69) is 15.3 Å². The molecular formula is C8H10ClN3O. The van der Waals surface area contributed by atoms with Gasteiger partial charge in [-0.2, -0.15) is 0 Å². The summed E-state index contributed by atoms with van der Waals surface area (Å²) in [7, 11) is 0. The molecule has 70 valence electrons. The fourth-order valence-corrected chi connectivity index (χ4v) is 1.42. The van der Waals surface area contributed by atoms with Gasteiger partial charge in [-0.1, -0.05) is 11.6 Å². The third-order valence-electron chi connectivity index (χ3n) is 1.91. The molecule has 1 atom stereocenters. The monoisotopic (exact) mass is 199 g/mol. The molecule has 1 N–H and O–H groups in total. The molecule has 1 fully saturated rings. The van der Waals surface area contributed by atoms with Gasteiger partial charge in [-0.05, 0) is 13.0 Å². The van der Waals surface area contributed by atoms with Crippen LogP contribution in [0.25, 0.3) is 0 Å². The maximum atomic E-state index is 5.68. The molecular weight excluding hydrogens is 190 g/mol. The van der Waals surface area contributed by atoms with Crippen molar-refractivity contribution >= 4 is 11.6 Å². The molecule has 13 heavy (non-hydrogen) atoms. The van der Waals surface area contributed by atoms with Crippen molar-refractivity contribution in [3.05, 3.63) is 17.5 Å². The number of nitrogens with zero attached hydrogens (tertiary/aromatic N) is 2. The quantitative estimate of drug-likeness (QED) is 0.719. The van der Waals surface area contributed by atoms with Crippen molar-refractivity contribution in [3.63, 3.8) is 0 Å². The topological polar surface area (TPSA) is 47.0 Å². The summed E-state index contributed by atoms with van der Waals surface area (Å²) in [4.78, 5) is 7.73. The maximum Gasteiger partial charge on any atom is 0.218 e. The highest BCUT2D eigenvalue weighted by atomic mass is 35.5. The second kappa shape index (κ2) is 3.89.